The molecular weight excluding hydrogens is 396 g/mol. The van der Waals surface area contributed by atoms with E-state index >= 15 is 0 Å². The molecule has 0 aliphatic carbocycles. The van der Waals surface area contributed by atoms with Crippen LogP contribution in [0.4, 0.5) is 5.69 Å². The van der Waals surface area contributed by atoms with Crippen molar-refractivity contribution >= 4 is 27.6 Å². The van der Waals surface area contributed by atoms with E-state index in [2.05, 4.69) is 15.3 Å². The normalized spacial score (nSPS) is 15.7. The number of benzene rings is 1. The fourth-order valence-electron chi connectivity index (χ4n) is 2.80. The van der Waals surface area contributed by atoms with Crippen LogP contribution in [-0.2, 0) is 19.6 Å². The third kappa shape index (κ3) is 4.96. The SMILES string of the molecule is Cc1cnc(C(=O)O[C@@H](C)C(=O)Nc2ccc(S(=O)(=O)N3CCCC3)cc2)cn1. The van der Waals surface area contributed by atoms with Gasteiger partial charge in [0.15, 0.2) is 11.8 Å². The number of carbonyl (C=O) groups is 2. The number of aryl methyl sites for hydroxylation is 1. The van der Waals surface area contributed by atoms with Crippen LogP contribution < -0.4 is 5.32 Å². The van der Waals surface area contributed by atoms with E-state index < -0.39 is 28.0 Å². The number of esters is 1. The second-order valence-corrected chi connectivity index (χ2v) is 8.65. The Bertz CT molecular complexity index is 984. The number of rotatable bonds is 6. The van der Waals surface area contributed by atoms with E-state index in [0.29, 0.717) is 24.5 Å². The smallest absolute Gasteiger partial charge is 0.359 e. The first-order chi connectivity index (χ1) is 13.8. The summed E-state index contributed by atoms with van der Waals surface area (Å²) >= 11 is 0. The molecule has 0 bridgehead atoms. The minimum Gasteiger partial charge on any atom is -0.448 e. The van der Waals surface area contributed by atoms with E-state index in [4.69, 9.17) is 4.74 Å². The first-order valence-electron chi connectivity index (χ1n) is 9.18. The van der Waals surface area contributed by atoms with Crippen molar-refractivity contribution in [2.75, 3.05) is 18.4 Å². The molecule has 2 aromatic rings. The summed E-state index contributed by atoms with van der Waals surface area (Å²) in [4.78, 5) is 32.3. The Hall–Kier alpha value is -2.85. The molecule has 3 rings (SSSR count). The Morgan fingerprint density at radius 1 is 1.10 bits per heavy atom. The number of hydrogen-bond acceptors (Lipinski definition) is 7. The minimum absolute atomic E-state index is 0.00622. The van der Waals surface area contributed by atoms with Crippen LogP contribution in [0.2, 0.25) is 0 Å². The number of sulfonamides is 1. The topological polar surface area (TPSA) is 119 Å². The van der Waals surface area contributed by atoms with Gasteiger partial charge in [-0.2, -0.15) is 4.31 Å². The second kappa shape index (κ2) is 8.66. The molecule has 1 saturated heterocycles. The van der Waals surface area contributed by atoms with Crippen molar-refractivity contribution in [1.82, 2.24) is 14.3 Å². The zero-order chi connectivity index (χ0) is 21.0. The van der Waals surface area contributed by atoms with Crippen LogP contribution in [0.5, 0.6) is 0 Å². The Morgan fingerprint density at radius 2 is 1.76 bits per heavy atom. The fourth-order valence-corrected chi connectivity index (χ4v) is 4.32. The molecule has 1 atom stereocenters. The van der Waals surface area contributed by atoms with E-state index in [1.54, 1.807) is 6.92 Å². The third-order valence-electron chi connectivity index (χ3n) is 4.47. The van der Waals surface area contributed by atoms with E-state index in [-0.39, 0.29) is 10.6 Å². The maximum absolute atomic E-state index is 12.5. The van der Waals surface area contributed by atoms with Crippen LogP contribution in [0, 0.1) is 6.92 Å². The van der Waals surface area contributed by atoms with Crippen LogP contribution in [0.15, 0.2) is 41.6 Å². The summed E-state index contributed by atoms with van der Waals surface area (Å²) in [6.07, 6.45) is 3.36. The first-order valence-corrected chi connectivity index (χ1v) is 10.6. The lowest BCUT2D eigenvalue weighted by atomic mass is 10.3. The van der Waals surface area contributed by atoms with Gasteiger partial charge in [0.05, 0.1) is 16.8 Å². The minimum atomic E-state index is -3.51. The number of hydrogen-bond donors (Lipinski definition) is 1. The zero-order valence-corrected chi connectivity index (χ0v) is 17.0. The summed E-state index contributed by atoms with van der Waals surface area (Å²) in [5.74, 6) is -1.30. The van der Waals surface area contributed by atoms with Gasteiger partial charge in [-0.25, -0.2) is 18.2 Å². The number of amides is 1. The second-order valence-electron chi connectivity index (χ2n) is 6.72. The van der Waals surface area contributed by atoms with Crippen LogP contribution >= 0.6 is 0 Å². The number of anilines is 1. The zero-order valence-electron chi connectivity index (χ0n) is 16.2. The van der Waals surface area contributed by atoms with E-state index in [9.17, 15) is 18.0 Å². The van der Waals surface area contributed by atoms with Crippen LogP contribution in [0.1, 0.15) is 35.9 Å². The van der Waals surface area contributed by atoms with Crippen molar-refractivity contribution in [2.24, 2.45) is 0 Å². The van der Waals surface area contributed by atoms with Gasteiger partial charge >= 0.3 is 5.97 Å². The van der Waals surface area contributed by atoms with Crippen LogP contribution in [0.3, 0.4) is 0 Å². The molecule has 2 heterocycles. The predicted octanol–water partition coefficient (Wildman–Crippen LogP) is 1.75. The average Bonchev–Trinajstić information content (AvgIpc) is 3.24. The quantitative estimate of drug-likeness (QED) is 0.710. The Balaban J connectivity index is 1.59. The van der Waals surface area contributed by atoms with Gasteiger partial charge in [0.1, 0.15) is 0 Å². The highest BCUT2D eigenvalue weighted by Crippen LogP contribution is 2.22. The first kappa shape index (κ1) is 20.9. The van der Waals surface area contributed by atoms with E-state index in [0.717, 1.165) is 12.8 Å². The Labute approximate surface area is 169 Å². The molecule has 1 aromatic heterocycles. The number of nitrogens with zero attached hydrogens (tertiary/aromatic N) is 3. The van der Waals surface area contributed by atoms with Crippen molar-refractivity contribution in [3.05, 3.63) is 48.0 Å². The molecule has 0 saturated carbocycles. The molecule has 154 valence electrons. The monoisotopic (exact) mass is 418 g/mol. The molecule has 0 spiro atoms. The van der Waals surface area contributed by atoms with Crippen molar-refractivity contribution in [1.29, 1.82) is 0 Å². The van der Waals surface area contributed by atoms with Gasteiger partial charge in [0, 0.05) is 25.0 Å². The molecule has 1 fully saturated rings. The molecule has 29 heavy (non-hydrogen) atoms. The highest BCUT2D eigenvalue weighted by atomic mass is 32.2. The van der Waals surface area contributed by atoms with Gasteiger partial charge in [-0.05, 0) is 51.0 Å². The number of nitrogens with one attached hydrogen (secondary N) is 1. The molecule has 0 unspecified atom stereocenters. The summed E-state index contributed by atoms with van der Waals surface area (Å²) in [5, 5.41) is 2.60. The van der Waals surface area contributed by atoms with Gasteiger partial charge in [-0.3, -0.25) is 9.78 Å². The molecule has 1 N–H and O–H groups in total. The van der Waals surface area contributed by atoms with Gasteiger partial charge in [-0.15, -0.1) is 0 Å². The Kier molecular flexibility index (Phi) is 6.23. The lowest BCUT2D eigenvalue weighted by Gasteiger charge is -2.16. The summed E-state index contributed by atoms with van der Waals surface area (Å²) in [6, 6.07) is 5.89. The van der Waals surface area contributed by atoms with Crippen LogP contribution in [0.25, 0.3) is 0 Å². The lowest BCUT2D eigenvalue weighted by Crippen LogP contribution is -2.30. The van der Waals surface area contributed by atoms with Crippen LogP contribution in [-0.4, -0.2) is 53.8 Å². The standard InChI is InChI=1S/C19H22N4O5S/c1-13-11-21-17(12-20-13)19(25)28-14(2)18(24)22-15-5-7-16(8-6-15)29(26,27)23-9-3-4-10-23/h5-8,11-12,14H,3-4,9-10H2,1-2H3,(H,22,24)/t14-/m0/s1. The predicted molar refractivity (Wildman–Crippen MR) is 105 cm³/mol. The van der Waals surface area contributed by atoms with Gasteiger partial charge in [0.25, 0.3) is 5.91 Å². The maximum atomic E-state index is 12.5. The molecule has 0 radical (unpaired) electrons. The van der Waals surface area contributed by atoms with E-state index in [1.165, 1.54) is 47.9 Å². The van der Waals surface area contributed by atoms with E-state index in [1.807, 2.05) is 0 Å². The van der Waals surface area contributed by atoms with Gasteiger partial charge in [0.2, 0.25) is 10.0 Å². The molecular formula is C19H22N4O5S. The highest BCUT2D eigenvalue weighted by molar-refractivity contribution is 7.89. The molecule has 10 heteroatoms. The number of aromatic nitrogens is 2. The Morgan fingerprint density at radius 3 is 2.34 bits per heavy atom. The largest absolute Gasteiger partial charge is 0.448 e. The number of ether oxygens (including phenoxy) is 1. The summed E-state index contributed by atoms with van der Waals surface area (Å²) in [6.45, 7) is 4.21. The maximum Gasteiger partial charge on any atom is 0.359 e. The van der Waals surface area contributed by atoms with Crippen molar-refractivity contribution in [3.8, 4) is 0 Å². The molecule has 1 aromatic carbocycles. The van der Waals surface area contributed by atoms with Crippen molar-refractivity contribution < 1.29 is 22.7 Å². The third-order valence-corrected chi connectivity index (χ3v) is 6.38. The fraction of sp³-hybridized carbons (Fsp3) is 0.368. The molecule has 1 aliphatic heterocycles. The van der Waals surface area contributed by atoms with Gasteiger partial charge in [-0.1, -0.05) is 0 Å². The summed E-state index contributed by atoms with van der Waals surface area (Å²) in [5.41, 5.74) is 1.06. The molecule has 1 aliphatic rings. The highest BCUT2D eigenvalue weighted by Gasteiger charge is 2.27. The van der Waals surface area contributed by atoms with Crippen molar-refractivity contribution in [3.63, 3.8) is 0 Å². The van der Waals surface area contributed by atoms with Crippen molar-refractivity contribution in [2.45, 2.75) is 37.7 Å². The average molecular weight is 418 g/mol. The van der Waals surface area contributed by atoms with Gasteiger partial charge < -0.3 is 10.1 Å². The number of carbonyl (C=O) groups excluding carboxylic acids is 2. The molecule has 9 nitrogen and oxygen atoms in total. The lowest BCUT2D eigenvalue weighted by molar-refractivity contribution is -0.123. The molecule has 1 amide bonds. The summed E-state index contributed by atoms with van der Waals surface area (Å²) < 4.78 is 31.6. The summed E-state index contributed by atoms with van der Waals surface area (Å²) in [7, 11) is -3.51.